The van der Waals surface area contributed by atoms with Gasteiger partial charge in [0.05, 0.1) is 0 Å². The molecule has 1 unspecified atom stereocenters. The van der Waals surface area contributed by atoms with Crippen molar-refractivity contribution in [1.82, 2.24) is 0 Å². The van der Waals surface area contributed by atoms with Crippen molar-refractivity contribution in [3.63, 3.8) is 0 Å². The van der Waals surface area contributed by atoms with Crippen LogP contribution in [-0.2, 0) is 6.42 Å². The summed E-state index contributed by atoms with van der Waals surface area (Å²) in [6, 6.07) is 7.61. The molecule has 1 aromatic rings. The zero-order valence-corrected chi connectivity index (χ0v) is 9.29. The van der Waals surface area contributed by atoms with E-state index in [1.807, 2.05) is 0 Å². The van der Waals surface area contributed by atoms with Crippen LogP contribution in [0.15, 0.2) is 18.2 Å². The molecule has 0 saturated carbocycles. The predicted octanol–water partition coefficient (Wildman–Crippen LogP) is 2.64. The molecule has 1 atom stereocenters. The highest BCUT2D eigenvalue weighted by atomic mass is 15.2. The number of benzene rings is 1. The first-order valence-electron chi connectivity index (χ1n) is 5.98. The molecule has 0 aliphatic carbocycles. The maximum absolute atomic E-state index is 3.46. The van der Waals surface area contributed by atoms with Crippen LogP contribution in [0, 0.1) is 0 Å². The van der Waals surface area contributed by atoms with Gasteiger partial charge in [-0.3, -0.25) is 0 Å². The minimum atomic E-state index is 0.736. The Labute approximate surface area is 91.3 Å². The summed E-state index contributed by atoms with van der Waals surface area (Å²) in [7, 11) is 0. The quantitative estimate of drug-likeness (QED) is 0.753. The summed E-state index contributed by atoms with van der Waals surface area (Å²) in [5.41, 5.74) is 4.26. The number of anilines is 2. The second-order valence-electron chi connectivity index (χ2n) is 4.70. The first kappa shape index (κ1) is 9.08. The lowest BCUT2D eigenvalue weighted by atomic mass is 9.99. The molecule has 1 aromatic carbocycles. The average Bonchev–Trinajstić information content (AvgIpc) is 2.27. The van der Waals surface area contributed by atoms with Gasteiger partial charge in [-0.25, -0.2) is 0 Å². The first-order valence-corrected chi connectivity index (χ1v) is 5.98. The average molecular weight is 202 g/mol. The second kappa shape index (κ2) is 3.44. The van der Waals surface area contributed by atoms with Gasteiger partial charge in [0.2, 0.25) is 0 Å². The molecule has 0 spiro atoms. The van der Waals surface area contributed by atoms with Gasteiger partial charge < -0.3 is 10.2 Å². The molecule has 2 aliphatic rings. The zero-order chi connectivity index (χ0) is 10.3. The van der Waals surface area contributed by atoms with Crippen molar-refractivity contribution in [1.29, 1.82) is 0 Å². The van der Waals surface area contributed by atoms with Crippen LogP contribution in [0.3, 0.4) is 0 Å². The van der Waals surface area contributed by atoms with E-state index in [1.165, 1.54) is 42.7 Å². The van der Waals surface area contributed by atoms with Gasteiger partial charge in [-0.1, -0.05) is 0 Å². The van der Waals surface area contributed by atoms with Crippen molar-refractivity contribution in [2.45, 2.75) is 32.2 Å². The van der Waals surface area contributed by atoms with E-state index >= 15 is 0 Å². The van der Waals surface area contributed by atoms with E-state index in [1.54, 1.807) is 0 Å². The van der Waals surface area contributed by atoms with Gasteiger partial charge in [0.1, 0.15) is 0 Å². The number of hydrogen-bond donors (Lipinski definition) is 1. The molecule has 80 valence electrons. The molecule has 1 fully saturated rings. The van der Waals surface area contributed by atoms with Gasteiger partial charge in [0.25, 0.3) is 0 Å². The number of hydrogen-bond acceptors (Lipinski definition) is 2. The molecule has 0 aromatic heterocycles. The van der Waals surface area contributed by atoms with E-state index in [2.05, 4.69) is 35.3 Å². The lowest BCUT2D eigenvalue weighted by molar-refractivity contribution is 0.481. The molecular weight excluding hydrogens is 184 g/mol. The maximum Gasteiger partial charge on any atom is 0.0374 e. The van der Waals surface area contributed by atoms with E-state index in [9.17, 15) is 0 Å². The normalized spacial score (nSPS) is 24.1. The molecule has 15 heavy (non-hydrogen) atoms. The number of nitrogens with one attached hydrogen (secondary N) is 1. The fourth-order valence-electron chi connectivity index (χ4n) is 2.54. The van der Waals surface area contributed by atoms with Gasteiger partial charge in [0.15, 0.2) is 0 Å². The molecule has 2 heterocycles. The van der Waals surface area contributed by atoms with Crippen LogP contribution in [0.25, 0.3) is 0 Å². The minimum absolute atomic E-state index is 0.736. The van der Waals surface area contributed by atoms with Crippen LogP contribution in [0.2, 0.25) is 0 Å². The molecule has 2 heteroatoms. The highest BCUT2D eigenvalue weighted by Gasteiger charge is 2.24. The van der Waals surface area contributed by atoms with Crippen molar-refractivity contribution in [3.8, 4) is 0 Å². The Morgan fingerprint density at radius 2 is 2.33 bits per heavy atom. The van der Waals surface area contributed by atoms with Crippen molar-refractivity contribution < 1.29 is 0 Å². The Kier molecular flexibility index (Phi) is 2.08. The molecule has 0 radical (unpaired) electrons. The summed E-state index contributed by atoms with van der Waals surface area (Å²) in [4.78, 5) is 2.49. The predicted molar refractivity (Wildman–Crippen MR) is 64.7 cm³/mol. The van der Waals surface area contributed by atoms with Gasteiger partial charge in [-0.2, -0.15) is 0 Å². The van der Waals surface area contributed by atoms with Crippen molar-refractivity contribution in [2.24, 2.45) is 0 Å². The van der Waals surface area contributed by atoms with Crippen LogP contribution in [-0.4, -0.2) is 19.1 Å². The Morgan fingerprint density at radius 1 is 1.40 bits per heavy atom. The minimum Gasteiger partial charge on any atom is -0.385 e. The monoisotopic (exact) mass is 202 g/mol. The SMILES string of the molecule is CC1CCN1c1ccc2c(c1)CCCN2. The van der Waals surface area contributed by atoms with Crippen molar-refractivity contribution in [2.75, 3.05) is 23.3 Å². The lowest BCUT2D eigenvalue weighted by Gasteiger charge is -2.41. The Morgan fingerprint density at radius 3 is 3.07 bits per heavy atom. The molecule has 3 rings (SSSR count). The number of rotatable bonds is 1. The van der Waals surface area contributed by atoms with Gasteiger partial charge in [0, 0.05) is 30.5 Å². The largest absolute Gasteiger partial charge is 0.385 e. The van der Waals surface area contributed by atoms with Crippen LogP contribution < -0.4 is 10.2 Å². The second-order valence-corrected chi connectivity index (χ2v) is 4.70. The number of aryl methyl sites for hydroxylation is 1. The molecule has 0 amide bonds. The smallest absolute Gasteiger partial charge is 0.0374 e. The fraction of sp³-hybridized carbons (Fsp3) is 0.538. The molecule has 0 bridgehead atoms. The zero-order valence-electron chi connectivity index (χ0n) is 9.29. The van der Waals surface area contributed by atoms with Crippen LogP contribution >= 0.6 is 0 Å². The molecule has 1 saturated heterocycles. The first-order chi connectivity index (χ1) is 7.34. The fourth-order valence-corrected chi connectivity index (χ4v) is 2.54. The van der Waals surface area contributed by atoms with Gasteiger partial charge in [-0.15, -0.1) is 0 Å². The van der Waals surface area contributed by atoms with E-state index < -0.39 is 0 Å². The van der Waals surface area contributed by atoms with E-state index in [0.29, 0.717) is 0 Å². The molecular formula is C13H18N2. The number of fused-ring (bicyclic) bond motifs is 1. The van der Waals surface area contributed by atoms with Crippen LogP contribution in [0.4, 0.5) is 11.4 Å². The molecule has 2 nitrogen and oxygen atoms in total. The lowest BCUT2D eigenvalue weighted by Crippen LogP contribution is -2.45. The van der Waals surface area contributed by atoms with Crippen LogP contribution in [0.5, 0.6) is 0 Å². The van der Waals surface area contributed by atoms with Gasteiger partial charge >= 0.3 is 0 Å². The summed E-state index contributed by atoms with van der Waals surface area (Å²) >= 11 is 0. The van der Waals surface area contributed by atoms with Crippen molar-refractivity contribution in [3.05, 3.63) is 23.8 Å². The third-order valence-corrected chi connectivity index (χ3v) is 3.68. The third-order valence-electron chi connectivity index (χ3n) is 3.68. The summed E-state index contributed by atoms with van der Waals surface area (Å²) in [6.07, 6.45) is 3.85. The Bertz CT molecular complexity index is 373. The highest BCUT2D eigenvalue weighted by molar-refractivity contribution is 5.62. The van der Waals surface area contributed by atoms with E-state index in [0.717, 1.165) is 12.6 Å². The third kappa shape index (κ3) is 1.48. The topological polar surface area (TPSA) is 15.3 Å². The standard InChI is InChI=1S/C13H18N2/c1-10-6-8-15(10)12-4-5-13-11(9-12)3-2-7-14-13/h4-5,9-10,14H,2-3,6-8H2,1H3. The summed E-state index contributed by atoms with van der Waals surface area (Å²) < 4.78 is 0. The van der Waals surface area contributed by atoms with E-state index in [-0.39, 0.29) is 0 Å². The summed E-state index contributed by atoms with van der Waals surface area (Å²) in [5, 5.41) is 3.46. The summed E-state index contributed by atoms with van der Waals surface area (Å²) in [5.74, 6) is 0. The Balaban J connectivity index is 1.90. The number of nitrogens with zero attached hydrogens (tertiary/aromatic N) is 1. The van der Waals surface area contributed by atoms with Crippen molar-refractivity contribution >= 4 is 11.4 Å². The maximum atomic E-state index is 3.46. The summed E-state index contributed by atoms with van der Waals surface area (Å²) in [6.45, 7) is 4.67. The molecule has 1 N–H and O–H groups in total. The Hall–Kier alpha value is -1.18. The van der Waals surface area contributed by atoms with E-state index in [4.69, 9.17) is 0 Å². The molecule has 2 aliphatic heterocycles. The van der Waals surface area contributed by atoms with Gasteiger partial charge in [-0.05, 0) is 49.9 Å². The highest BCUT2D eigenvalue weighted by Crippen LogP contribution is 2.31. The van der Waals surface area contributed by atoms with Crippen LogP contribution in [0.1, 0.15) is 25.3 Å².